The van der Waals surface area contributed by atoms with Crippen LogP contribution in [0.15, 0.2) is 24.3 Å². The number of carbonyl (C=O) groups excluding carboxylic acids is 3. The lowest BCUT2D eigenvalue weighted by molar-refractivity contribution is -0.148. The van der Waals surface area contributed by atoms with Gasteiger partial charge in [0.25, 0.3) is 0 Å². The Kier molecular flexibility index (Phi) is 9.06. The zero-order valence-corrected chi connectivity index (χ0v) is 18.2. The van der Waals surface area contributed by atoms with Gasteiger partial charge in [-0.2, -0.15) is 11.8 Å². The third kappa shape index (κ3) is 6.52. The number of hydrogen-bond acceptors (Lipinski definition) is 6. The van der Waals surface area contributed by atoms with Crippen LogP contribution in [0, 0.1) is 0 Å². The number of primary amides is 1. The maximum Gasteiger partial charge on any atom is 0.327 e. The SMILES string of the molecule is COC(=O)C(c1cccc(Cl)c1)N1CCN(C(=O)C(CCSC)NC(N)=O)CC1. The van der Waals surface area contributed by atoms with Crippen LogP contribution in [0.2, 0.25) is 5.02 Å². The molecule has 1 fully saturated rings. The van der Waals surface area contributed by atoms with E-state index < -0.39 is 18.1 Å². The predicted octanol–water partition coefficient (Wildman–Crippen LogP) is 1.49. The Labute approximate surface area is 180 Å². The van der Waals surface area contributed by atoms with E-state index in [0.717, 1.165) is 11.3 Å². The molecule has 1 aromatic carbocycles. The number of urea groups is 1. The molecule has 8 nitrogen and oxygen atoms in total. The number of hydrogen-bond donors (Lipinski definition) is 2. The van der Waals surface area contributed by atoms with Crippen molar-refractivity contribution in [1.82, 2.24) is 15.1 Å². The van der Waals surface area contributed by atoms with Crippen LogP contribution in [-0.2, 0) is 14.3 Å². The Morgan fingerprint density at radius 2 is 1.97 bits per heavy atom. The van der Waals surface area contributed by atoms with Gasteiger partial charge in [0, 0.05) is 31.2 Å². The van der Waals surface area contributed by atoms with E-state index in [-0.39, 0.29) is 11.9 Å². The topological polar surface area (TPSA) is 105 Å². The van der Waals surface area contributed by atoms with Crippen molar-refractivity contribution >= 4 is 41.3 Å². The van der Waals surface area contributed by atoms with E-state index in [4.69, 9.17) is 22.1 Å². The van der Waals surface area contributed by atoms with Crippen LogP contribution in [0.1, 0.15) is 18.0 Å². The third-order valence-corrected chi connectivity index (χ3v) is 5.68. The molecule has 0 aliphatic carbocycles. The second-order valence-corrected chi connectivity index (χ2v) is 8.11. The minimum absolute atomic E-state index is 0.158. The van der Waals surface area contributed by atoms with E-state index in [2.05, 4.69) is 5.32 Å². The van der Waals surface area contributed by atoms with Crippen molar-refractivity contribution in [3.05, 3.63) is 34.9 Å². The summed E-state index contributed by atoms with van der Waals surface area (Å²) in [5.74, 6) is 0.200. The number of ether oxygens (including phenoxy) is 1. The summed E-state index contributed by atoms with van der Waals surface area (Å²) in [7, 11) is 1.35. The van der Waals surface area contributed by atoms with Gasteiger partial charge in [-0.3, -0.25) is 9.69 Å². The third-order valence-electron chi connectivity index (χ3n) is 4.81. The number of piperazine rings is 1. The number of carbonyl (C=O) groups is 3. The van der Waals surface area contributed by atoms with E-state index in [1.165, 1.54) is 7.11 Å². The second-order valence-electron chi connectivity index (χ2n) is 6.68. The zero-order chi connectivity index (χ0) is 21.4. The highest BCUT2D eigenvalue weighted by molar-refractivity contribution is 7.98. The first-order chi connectivity index (χ1) is 13.9. The number of benzene rings is 1. The van der Waals surface area contributed by atoms with Crippen molar-refractivity contribution in [2.45, 2.75) is 18.5 Å². The zero-order valence-electron chi connectivity index (χ0n) is 16.6. The summed E-state index contributed by atoms with van der Waals surface area (Å²) >= 11 is 7.69. The first kappa shape index (κ1) is 23.3. The van der Waals surface area contributed by atoms with E-state index in [0.29, 0.717) is 37.6 Å². The number of nitrogens with two attached hydrogens (primary N) is 1. The molecule has 1 aliphatic rings. The molecule has 0 bridgehead atoms. The molecule has 1 heterocycles. The highest BCUT2D eigenvalue weighted by Crippen LogP contribution is 2.26. The first-order valence-electron chi connectivity index (χ1n) is 9.28. The minimum atomic E-state index is -0.713. The van der Waals surface area contributed by atoms with Crippen molar-refractivity contribution in [2.75, 3.05) is 45.3 Å². The number of nitrogens with zero attached hydrogens (tertiary/aromatic N) is 2. The van der Waals surface area contributed by atoms with Crippen molar-refractivity contribution in [3.8, 4) is 0 Å². The fraction of sp³-hybridized carbons (Fsp3) is 0.526. The van der Waals surface area contributed by atoms with E-state index in [9.17, 15) is 14.4 Å². The van der Waals surface area contributed by atoms with Gasteiger partial charge >= 0.3 is 12.0 Å². The largest absolute Gasteiger partial charge is 0.468 e. The molecule has 2 rings (SSSR count). The Morgan fingerprint density at radius 1 is 1.28 bits per heavy atom. The minimum Gasteiger partial charge on any atom is -0.468 e. The van der Waals surface area contributed by atoms with E-state index in [1.54, 1.807) is 34.9 Å². The van der Waals surface area contributed by atoms with Gasteiger partial charge in [0.05, 0.1) is 7.11 Å². The Balaban J connectivity index is 2.07. The van der Waals surface area contributed by atoms with Crippen LogP contribution < -0.4 is 11.1 Å². The summed E-state index contributed by atoms with van der Waals surface area (Å²) < 4.78 is 4.99. The van der Waals surface area contributed by atoms with Crippen molar-refractivity contribution < 1.29 is 19.1 Å². The number of halogens is 1. The van der Waals surface area contributed by atoms with Gasteiger partial charge in [-0.15, -0.1) is 0 Å². The molecule has 1 aliphatic heterocycles. The number of esters is 1. The summed E-state index contributed by atoms with van der Waals surface area (Å²) in [4.78, 5) is 40.2. The standard InChI is InChI=1S/C19H27ClN4O4S/c1-28-18(26)16(13-4-3-5-14(20)12-13)23-7-9-24(10-8-23)17(25)15(6-11-29-2)22-19(21)27/h3-5,12,15-16H,6-11H2,1-2H3,(H3,21,22,27). The molecule has 0 saturated carbocycles. The van der Waals surface area contributed by atoms with Gasteiger partial charge in [0.1, 0.15) is 12.1 Å². The average molecular weight is 443 g/mol. The average Bonchev–Trinajstić information content (AvgIpc) is 2.71. The quantitative estimate of drug-likeness (QED) is 0.591. The monoisotopic (exact) mass is 442 g/mol. The highest BCUT2D eigenvalue weighted by Gasteiger charge is 2.34. The second kappa shape index (κ2) is 11.3. The normalized spacial score (nSPS) is 16.7. The van der Waals surface area contributed by atoms with Crippen LogP contribution in [0.3, 0.4) is 0 Å². The van der Waals surface area contributed by atoms with Gasteiger partial charge in [-0.05, 0) is 36.1 Å². The maximum absolute atomic E-state index is 12.8. The predicted molar refractivity (Wildman–Crippen MR) is 114 cm³/mol. The lowest BCUT2D eigenvalue weighted by Gasteiger charge is -2.39. The molecule has 0 spiro atoms. The summed E-state index contributed by atoms with van der Waals surface area (Å²) in [6.07, 6.45) is 2.45. The molecular weight excluding hydrogens is 416 g/mol. The molecule has 1 aromatic rings. The van der Waals surface area contributed by atoms with Gasteiger partial charge in [0.15, 0.2) is 0 Å². The number of thioether (sulfide) groups is 1. The molecule has 2 unspecified atom stereocenters. The molecule has 29 heavy (non-hydrogen) atoms. The van der Waals surface area contributed by atoms with Gasteiger partial charge in [0.2, 0.25) is 5.91 Å². The molecule has 3 amide bonds. The molecular formula is C19H27ClN4O4S. The highest BCUT2D eigenvalue weighted by atomic mass is 35.5. The molecule has 1 saturated heterocycles. The first-order valence-corrected chi connectivity index (χ1v) is 11.1. The summed E-state index contributed by atoms with van der Waals surface area (Å²) in [6, 6.07) is 5.17. The summed E-state index contributed by atoms with van der Waals surface area (Å²) in [6.45, 7) is 1.85. The fourth-order valence-corrected chi connectivity index (χ4v) is 4.04. The van der Waals surface area contributed by atoms with Crippen LogP contribution in [0.25, 0.3) is 0 Å². The van der Waals surface area contributed by atoms with E-state index in [1.807, 2.05) is 17.2 Å². The number of rotatable bonds is 8. The molecule has 10 heteroatoms. The molecule has 2 atom stereocenters. The van der Waals surface area contributed by atoms with Crippen molar-refractivity contribution in [3.63, 3.8) is 0 Å². The maximum atomic E-state index is 12.8. The van der Waals surface area contributed by atoms with Crippen LogP contribution in [-0.4, -0.2) is 79.0 Å². The lowest BCUT2D eigenvalue weighted by Crippen LogP contribution is -2.56. The van der Waals surface area contributed by atoms with Gasteiger partial charge in [-0.1, -0.05) is 23.7 Å². The Bertz CT molecular complexity index is 728. The lowest BCUT2D eigenvalue weighted by atomic mass is 10.0. The molecule has 3 N–H and O–H groups in total. The smallest absolute Gasteiger partial charge is 0.327 e. The number of methoxy groups -OCH3 is 1. The van der Waals surface area contributed by atoms with E-state index >= 15 is 0 Å². The van der Waals surface area contributed by atoms with Gasteiger partial charge in [-0.25, -0.2) is 9.59 Å². The molecule has 160 valence electrons. The Hall–Kier alpha value is -1.97. The molecule has 0 aromatic heterocycles. The summed E-state index contributed by atoms with van der Waals surface area (Å²) in [5, 5.41) is 3.08. The summed E-state index contributed by atoms with van der Waals surface area (Å²) in [5.41, 5.74) is 5.97. The van der Waals surface area contributed by atoms with Crippen LogP contribution >= 0.6 is 23.4 Å². The number of nitrogens with one attached hydrogen (secondary N) is 1. The number of amides is 3. The Morgan fingerprint density at radius 3 is 2.52 bits per heavy atom. The van der Waals surface area contributed by atoms with Crippen LogP contribution in [0.4, 0.5) is 4.79 Å². The molecule has 0 radical (unpaired) electrons. The van der Waals surface area contributed by atoms with Crippen LogP contribution in [0.5, 0.6) is 0 Å². The van der Waals surface area contributed by atoms with Crippen molar-refractivity contribution in [1.29, 1.82) is 0 Å². The van der Waals surface area contributed by atoms with Crippen molar-refractivity contribution in [2.24, 2.45) is 5.73 Å². The fourth-order valence-electron chi connectivity index (χ4n) is 3.37. The van der Waals surface area contributed by atoms with Gasteiger partial charge < -0.3 is 20.7 Å².